The molecule has 0 bridgehead atoms. The minimum absolute atomic E-state index is 0.0703. The van der Waals surface area contributed by atoms with E-state index in [2.05, 4.69) is 0 Å². The zero-order chi connectivity index (χ0) is 33.0. The number of carboxylic acid groups (broad SMARTS) is 4. The molecule has 0 aliphatic carbocycles. The molecule has 21 heteroatoms. The summed E-state index contributed by atoms with van der Waals surface area (Å²) in [6.45, 7) is -3.58. The molecule has 250 valence electrons. The van der Waals surface area contributed by atoms with Crippen LogP contribution in [-0.4, -0.2) is 209 Å². The predicted octanol–water partition coefficient (Wildman–Crippen LogP) is -7.47. The van der Waals surface area contributed by atoms with Gasteiger partial charge in [0.15, 0.2) is 12.6 Å². The molecule has 0 aromatic carbocycles. The summed E-state index contributed by atoms with van der Waals surface area (Å²) in [6.07, 6.45) is -15.6. The molecule has 2 heterocycles. The van der Waals surface area contributed by atoms with Crippen molar-refractivity contribution in [3.63, 3.8) is 0 Å². The third-order valence-corrected chi connectivity index (χ3v) is 6.13. The fraction of sp³-hybridized carbons (Fsp3) is 0.818. The quantitative estimate of drug-likeness (QED) is 0.0795. The summed E-state index contributed by atoms with van der Waals surface area (Å²) in [5.74, 6) is -4.91. The molecule has 0 unspecified atom stereocenters. The van der Waals surface area contributed by atoms with Crippen molar-refractivity contribution < 1.29 is 94.7 Å². The van der Waals surface area contributed by atoms with Crippen LogP contribution in [0, 0.1) is 0 Å². The van der Waals surface area contributed by atoms with E-state index >= 15 is 0 Å². The molecule has 0 radical (unpaired) electrons. The minimum atomic E-state index is -1.72. The average molecular weight is 635 g/mol. The molecule has 0 aromatic heterocycles. The Kier molecular flexibility index (Phi) is 16.3. The van der Waals surface area contributed by atoms with Gasteiger partial charge in [0.05, 0.1) is 39.4 Å². The van der Waals surface area contributed by atoms with E-state index in [1.54, 1.807) is 0 Å². The van der Waals surface area contributed by atoms with Gasteiger partial charge in [-0.3, -0.25) is 29.0 Å². The van der Waals surface area contributed by atoms with Crippen LogP contribution in [0.4, 0.5) is 0 Å². The number of carboxylic acids is 4. The highest BCUT2D eigenvalue weighted by Gasteiger charge is 2.49. The van der Waals surface area contributed by atoms with Gasteiger partial charge in [-0.05, 0) is 0 Å². The highest BCUT2D eigenvalue weighted by molar-refractivity contribution is 5.73. The fourth-order valence-electron chi connectivity index (χ4n) is 3.97. The van der Waals surface area contributed by atoms with Crippen molar-refractivity contribution in [3.05, 3.63) is 0 Å². The first kappa shape index (κ1) is 38.4. The van der Waals surface area contributed by atoms with Crippen LogP contribution in [0.2, 0.25) is 0 Å². The Hall–Kier alpha value is -2.64. The van der Waals surface area contributed by atoms with Crippen LogP contribution < -0.4 is 0 Å². The lowest BCUT2D eigenvalue weighted by Crippen LogP contribution is -2.63. The van der Waals surface area contributed by atoms with Crippen molar-refractivity contribution in [2.45, 2.75) is 61.4 Å². The van der Waals surface area contributed by atoms with Crippen LogP contribution in [0.25, 0.3) is 0 Å². The smallest absolute Gasteiger partial charge is 0.317 e. The number of rotatable bonds is 15. The molecule has 10 atom stereocenters. The summed E-state index contributed by atoms with van der Waals surface area (Å²) < 4.78 is 15.3. The summed E-state index contributed by atoms with van der Waals surface area (Å²) in [4.78, 5) is 44.4. The maximum Gasteiger partial charge on any atom is 0.317 e. The molecule has 21 nitrogen and oxygen atoms in total. The van der Waals surface area contributed by atoms with Gasteiger partial charge in [-0.2, -0.15) is 0 Å². The molecule has 2 aliphatic rings. The summed E-state index contributed by atoms with van der Waals surface area (Å²) in [6, 6.07) is 0. The van der Waals surface area contributed by atoms with E-state index in [0.29, 0.717) is 0 Å². The van der Waals surface area contributed by atoms with Gasteiger partial charge in [0.1, 0.15) is 48.8 Å². The number of aliphatic hydroxyl groups is 8. The Labute approximate surface area is 242 Å². The van der Waals surface area contributed by atoms with Crippen molar-refractivity contribution in [1.29, 1.82) is 0 Å². The summed E-state index contributed by atoms with van der Waals surface area (Å²) in [7, 11) is 0. The zero-order valence-electron chi connectivity index (χ0n) is 22.5. The monoisotopic (exact) mass is 634 g/mol. The highest BCUT2D eigenvalue weighted by atomic mass is 16.8. The summed E-state index contributed by atoms with van der Waals surface area (Å²) >= 11 is 0. The number of hydrogen-bond acceptors (Lipinski definition) is 17. The normalized spacial score (nSPS) is 32.6. The molecule has 0 amide bonds. The molecule has 2 fully saturated rings. The van der Waals surface area contributed by atoms with Crippen molar-refractivity contribution in [3.8, 4) is 0 Å². The first-order valence-electron chi connectivity index (χ1n) is 12.6. The lowest BCUT2D eigenvalue weighted by Gasteiger charge is -2.44. The number of carbonyl (C=O) groups is 4. The van der Waals surface area contributed by atoms with E-state index < -0.39 is 125 Å². The van der Waals surface area contributed by atoms with Gasteiger partial charge in [-0.15, -0.1) is 0 Å². The second kappa shape index (κ2) is 18.2. The van der Waals surface area contributed by atoms with E-state index in [4.69, 9.17) is 44.8 Å². The number of aliphatic hydroxyl groups excluding tert-OH is 8. The van der Waals surface area contributed by atoms with Gasteiger partial charge in [-0.25, -0.2) is 0 Å². The zero-order valence-corrected chi connectivity index (χ0v) is 22.5. The topological polar surface area (TPSA) is 345 Å². The van der Waals surface area contributed by atoms with E-state index in [0.717, 1.165) is 9.80 Å². The van der Waals surface area contributed by atoms with Gasteiger partial charge in [0.2, 0.25) is 0 Å². The Morgan fingerprint density at radius 1 is 0.512 bits per heavy atom. The Morgan fingerprint density at radius 2 is 0.791 bits per heavy atom. The second-order valence-electron chi connectivity index (χ2n) is 9.53. The third kappa shape index (κ3) is 12.5. The van der Waals surface area contributed by atoms with Gasteiger partial charge in [0.25, 0.3) is 0 Å². The van der Waals surface area contributed by atoms with Crippen molar-refractivity contribution >= 4 is 23.9 Å². The van der Waals surface area contributed by atoms with Crippen molar-refractivity contribution in [2.24, 2.45) is 0 Å². The number of hydrogen-bond donors (Lipinski definition) is 12. The maximum absolute atomic E-state index is 10.6. The molecule has 43 heavy (non-hydrogen) atoms. The van der Waals surface area contributed by atoms with Crippen LogP contribution in [0.5, 0.6) is 0 Å². The molecule has 12 N–H and O–H groups in total. The average Bonchev–Trinajstić information content (AvgIpc) is 2.91. The largest absolute Gasteiger partial charge is 0.480 e. The predicted molar refractivity (Wildman–Crippen MR) is 132 cm³/mol. The van der Waals surface area contributed by atoms with E-state index in [-0.39, 0.29) is 13.1 Å². The van der Waals surface area contributed by atoms with Gasteiger partial charge in [-0.1, -0.05) is 0 Å². The lowest BCUT2D eigenvalue weighted by molar-refractivity contribution is -0.376. The van der Waals surface area contributed by atoms with Crippen molar-refractivity contribution in [1.82, 2.24) is 9.80 Å². The fourth-order valence-corrected chi connectivity index (χ4v) is 3.97. The van der Waals surface area contributed by atoms with E-state index in [1.807, 2.05) is 0 Å². The molecule has 0 aromatic rings. The molecule has 0 saturated carbocycles. The van der Waals surface area contributed by atoms with E-state index in [1.165, 1.54) is 0 Å². The highest BCUT2D eigenvalue weighted by Crippen LogP contribution is 2.27. The van der Waals surface area contributed by atoms with Crippen molar-refractivity contribution in [2.75, 3.05) is 52.5 Å². The van der Waals surface area contributed by atoms with Gasteiger partial charge >= 0.3 is 23.9 Å². The summed E-state index contributed by atoms with van der Waals surface area (Å²) in [5, 5.41) is 111. The molecule has 2 aliphatic heterocycles. The Morgan fingerprint density at radius 3 is 1.02 bits per heavy atom. The standard InChI is InChI=1S/C12H22O11.C10H16N2O8/c13-1-3-5(15)7(17)9(19)11(21-3)23-12-10(20)8(18)6(16)4(2-14)22-12;13-7(14)3-11(4-8(15)16)1-2-12(5-9(17)18)6-10(19)20/h3-20H,1-2H2;1-6H2,(H,13,14)(H,15,16)(H,17,18)(H,19,20)/t3-,4-,5-,6-,7+,8+,9-,10-,11-,12-;/m1./s1. The van der Waals surface area contributed by atoms with Gasteiger partial charge < -0.3 is 75.5 Å². The molecule has 2 rings (SSSR count). The SMILES string of the molecule is O=C(O)CN(CCN(CC(=O)O)CC(=O)O)CC(=O)O.OC[C@H]1O[C@H](O[C@H]2O[C@H](CO)[C@@H](O)[C@H](O)[C@H]2O)[C@H](O)[C@@H](O)[C@@H]1O. The van der Waals surface area contributed by atoms with Crippen LogP contribution >= 0.6 is 0 Å². The minimum Gasteiger partial charge on any atom is -0.480 e. The first-order chi connectivity index (χ1) is 20.0. The maximum atomic E-state index is 10.6. The van der Waals surface area contributed by atoms with Crippen LogP contribution in [0.3, 0.4) is 0 Å². The number of nitrogens with zero attached hydrogens (tertiary/aromatic N) is 2. The second-order valence-corrected chi connectivity index (χ2v) is 9.53. The Balaban J connectivity index is 0.000000436. The molecule has 2 saturated heterocycles. The lowest BCUT2D eigenvalue weighted by atomic mass is 9.98. The van der Waals surface area contributed by atoms with Crippen LogP contribution in [0.15, 0.2) is 0 Å². The first-order valence-corrected chi connectivity index (χ1v) is 12.6. The molecule has 0 spiro atoms. The third-order valence-electron chi connectivity index (χ3n) is 6.13. The molecular formula is C22H38N2O19. The number of ether oxygens (including phenoxy) is 3. The van der Waals surface area contributed by atoms with Crippen LogP contribution in [-0.2, 0) is 33.4 Å². The Bertz CT molecular complexity index is 804. The van der Waals surface area contributed by atoms with Gasteiger partial charge in [0, 0.05) is 13.1 Å². The summed E-state index contributed by atoms with van der Waals surface area (Å²) in [5.41, 5.74) is 0. The van der Waals surface area contributed by atoms with Crippen LogP contribution in [0.1, 0.15) is 0 Å². The van der Waals surface area contributed by atoms with E-state index in [9.17, 15) is 49.8 Å². The number of aliphatic carboxylic acids is 4. The molecular weight excluding hydrogens is 596 g/mol.